The van der Waals surface area contributed by atoms with Crippen LogP contribution >= 0.6 is 0 Å². The summed E-state index contributed by atoms with van der Waals surface area (Å²) >= 11 is 0. The largest absolute Gasteiger partial charge is 0.357 e. The molecule has 5 nitrogen and oxygen atoms in total. The molecule has 0 radical (unpaired) electrons. The predicted molar refractivity (Wildman–Crippen MR) is 86.3 cm³/mol. The van der Waals surface area contributed by atoms with Crippen LogP contribution in [0.4, 0.5) is 11.4 Å². The van der Waals surface area contributed by atoms with Crippen molar-refractivity contribution >= 4 is 23.1 Å². The number of anilines is 2. The molecule has 0 bridgehead atoms. The van der Waals surface area contributed by atoms with Gasteiger partial charge in [0.05, 0.1) is 5.69 Å². The predicted octanol–water partition coefficient (Wildman–Crippen LogP) is 2.61. The summed E-state index contributed by atoms with van der Waals surface area (Å²) in [7, 11) is 3.55. The first-order chi connectivity index (χ1) is 10.2. The molecular weight excluding hydrogens is 264 g/mol. The highest BCUT2D eigenvalue weighted by molar-refractivity contribution is 6.42. The normalized spacial score (nSPS) is 10.9. The van der Waals surface area contributed by atoms with E-state index >= 15 is 0 Å². The molecule has 2 rings (SSSR count). The van der Waals surface area contributed by atoms with E-state index in [1.54, 1.807) is 19.0 Å². The van der Waals surface area contributed by atoms with E-state index in [0.717, 1.165) is 11.4 Å². The van der Waals surface area contributed by atoms with Gasteiger partial charge in [0.1, 0.15) is 0 Å². The first-order valence-corrected chi connectivity index (χ1v) is 6.59. The second-order valence-electron chi connectivity index (χ2n) is 4.63. The van der Waals surface area contributed by atoms with E-state index in [1.165, 1.54) is 0 Å². The maximum Gasteiger partial charge on any atom is 0.293 e. The summed E-state index contributed by atoms with van der Waals surface area (Å²) in [5.74, 6) is 0.0253. The standard InChI is InChI=1S/C16H18N4O/c1-20(2)15(19-18-14-11-7-4-8-12-14)16(21)17-13-9-5-3-6-10-13/h3-12,18H,1-2H3,(H,17,21)/b19-15-. The fourth-order valence-electron chi connectivity index (χ4n) is 1.69. The van der Waals surface area contributed by atoms with Crippen LogP contribution in [0.2, 0.25) is 0 Å². The highest BCUT2D eigenvalue weighted by Crippen LogP contribution is 2.07. The first kappa shape index (κ1) is 14.6. The molecule has 5 heteroatoms. The topological polar surface area (TPSA) is 56.7 Å². The molecule has 2 N–H and O–H groups in total. The molecule has 1 amide bonds. The van der Waals surface area contributed by atoms with Gasteiger partial charge in [-0.1, -0.05) is 36.4 Å². The van der Waals surface area contributed by atoms with Gasteiger partial charge in [0.2, 0.25) is 5.84 Å². The smallest absolute Gasteiger partial charge is 0.293 e. The molecule has 0 aliphatic carbocycles. The summed E-state index contributed by atoms with van der Waals surface area (Å²) in [6.45, 7) is 0. The van der Waals surface area contributed by atoms with Gasteiger partial charge < -0.3 is 10.2 Å². The summed E-state index contributed by atoms with van der Waals surface area (Å²) in [5, 5.41) is 6.98. The van der Waals surface area contributed by atoms with Crippen LogP contribution < -0.4 is 10.7 Å². The molecule has 0 aliphatic heterocycles. The number of benzene rings is 2. The van der Waals surface area contributed by atoms with Crippen LogP contribution in [0.3, 0.4) is 0 Å². The summed E-state index contributed by atoms with van der Waals surface area (Å²) in [6.07, 6.45) is 0. The van der Waals surface area contributed by atoms with Gasteiger partial charge in [-0.05, 0) is 24.3 Å². The van der Waals surface area contributed by atoms with E-state index < -0.39 is 0 Å². The van der Waals surface area contributed by atoms with Crippen molar-refractivity contribution in [2.45, 2.75) is 0 Å². The molecule has 0 spiro atoms. The lowest BCUT2D eigenvalue weighted by atomic mass is 10.3. The second kappa shape index (κ2) is 7.09. The van der Waals surface area contributed by atoms with Crippen molar-refractivity contribution in [2.24, 2.45) is 5.10 Å². The van der Waals surface area contributed by atoms with Crippen LogP contribution in [0.25, 0.3) is 0 Å². The van der Waals surface area contributed by atoms with Crippen molar-refractivity contribution in [3.8, 4) is 0 Å². The lowest BCUT2D eigenvalue weighted by Crippen LogP contribution is -2.35. The molecule has 0 fully saturated rings. The van der Waals surface area contributed by atoms with Crippen molar-refractivity contribution in [1.82, 2.24) is 4.90 Å². The Labute approximate surface area is 124 Å². The number of amides is 1. The van der Waals surface area contributed by atoms with E-state index in [9.17, 15) is 4.79 Å². The summed E-state index contributed by atoms with van der Waals surface area (Å²) < 4.78 is 0. The molecule has 0 aromatic heterocycles. The molecule has 0 heterocycles. The zero-order valence-corrected chi connectivity index (χ0v) is 12.1. The Balaban J connectivity index is 2.09. The van der Waals surface area contributed by atoms with Crippen molar-refractivity contribution in [2.75, 3.05) is 24.8 Å². The monoisotopic (exact) mass is 282 g/mol. The van der Waals surface area contributed by atoms with Crippen LogP contribution in [0, 0.1) is 0 Å². The highest BCUT2D eigenvalue weighted by Gasteiger charge is 2.14. The van der Waals surface area contributed by atoms with Gasteiger partial charge in [0.15, 0.2) is 0 Å². The quantitative estimate of drug-likeness (QED) is 0.517. The Kier molecular flexibility index (Phi) is 4.93. The number of amidine groups is 1. The number of para-hydroxylation sites is 2. The Morgan fingerprint density at radius 3 is 1.95 bits per heavy atom. The number of nitrogens with zero attached hydrogens (tertiary/aromatic N) is 2. The molecule has 0 saturated carbocycles. The highest BCUT2D eigenvalue weighted by atomic mass is 16.2. The number of hydrazone groups is 1. The van der Waals surface area contributed by atoms with E-state index in [2.05, 4.69) is 15.8 Å². The summed E-state index contributed by atoms with van der Waals surface area (Å²) in [6, 6.07) is 18.8. The number of likely N-dealkylation sites (N-methyl/N-ethyl adjacent to an activating group) is 1. The molecular formula is C16H18N4O. The molecule has 21 heavy (non-hydrogen) atoms. The molecule has 2 aromatic carbocycles. The third kappa shape index (κ3) is 4.35. The van der Waals surface area contributed by atoms with Crippen molar-refractivity contribution in [1.29, 1.82) is 0 Å². The van der Waals surface area contributed by atoms with Gasteiger partial charge in [-0.25, -0.2) is 0 Å². The van der Waals surface area contributed by atoms with Crippen LogP contribution in [-0.2, 0) is 4.79 Å². The zero-order chi connectivity index (χ0) is 15.1. The van der Waals surface area contributed by atoms with Gasteiger partial charge in [-0.15, -0.1) is 0 Å². The van der Waals surface area contributed by atoms with Crippen LogP contribution in [-0.4, -0.2) is 30.7 Å². The molecule has 108 valence electrons. The maximum atomic E-state index is 12.3. The Bertz CT molecular complexity index is 609. The van der Waals surface area contributed by atoms with Crippen LogP contribution in [0.1, 0.15) is 0 Å². The fraction of sp³-hybridized carbons (Fsp3) is 0.125. The molecule has 0 unspecified atom stereocenters. The van der Waals surface area contributed by atoms with E-state index in [1.807, 2.05) is 60.7 Å². The van der Waals surface area contributed by atoms with Crippen molar-refractivity contribution in [3.63, 3.8) is 0 Å². The SMILES string of the molecule is CN(C)/C(=N\Nc1ccccc1)C(=O)Nc1ccccc1. The molecule has 2 aromatic rings. The van der Waals surface area contributed by atoms with Gasteiger partial charge in [0, 0.05) is 19.8 Å². The van der Waals surface area contributed by atoms with Gasteiger partial charge in [0.25, 0.3) is 5.91 Å². The average molecular weight is 282 g/mol. The Morgan fingerprint density at radius 1 is 0.905 bits per heavy atom. The maximum absolute atomic E-state index is 12.3. The zero-order valence-electron chi connectivity index (χ0n) is 12.1. The minimum Gasteiger partial charge on any atom is -0.357 e. The van der Waals surface area contributed by atoms with E-state index in [-0.39, 0.29) is 5.91 Å². The van der Waals surface area contributed by atoms with Gasteiger partial charge >= 0.3 is 0 Å². The molecule has 0 atom stereocenters. The third-order valence-corrected chi connectivity index (χ3v) is 2.72. The number of hydrogen-bond acceptors (Lipinski definition) is 3. The minimum atomic E-state index is -0.269. The number of nitrogens with one attached hydrogen (secondary N) is 2. The van der Waals surface area contributed by atoms with Crippen LogP contribution in [0.5, 0.6) is 0 Å². The average Bonchev–Trinajstić information content (AvgIpc) is 2.49. The first-order valence-electron chi connectivity index (χ1n) is 6.59. The third-order valence-electron chi connectivity index (χ3n) is 2.72. The Hall–Kier alpha value is -2.82. The lowest BCUT2D eigenvalue weighted by molar-refractivity contribution is -0.110. The number of rotatable bonds is 3. The van der Waals surface area contributed by atoms with E-state index in [4.69, 9.17) is 0 Å². The Morgan fingerprint density at radius 2 is 1.43 bits per heavy atom. The van der Waals surface area contributed by atoms with E-state index in [0.29, 0.717) is 5.84 Å². The molecule has 0 aliphatic rings. The molecule has 0 saturated heterocycles. The number of hydrogen-bond donors (Lipinski definition) is 2. The van der Waals surface area contributed by atoms with Crippen molar-refractivity contribution in [3.05, 3.63) is 60.7 Å². The lowest BCUT2D eigenvalue weighted by Gasteiger charge is -2.15. The van der Waals surface area contributed by atoms with Gasteiger partial charge in [-0.3, -0.25) is 10.2 Å². The summed E-state index contributed by atoms with van der Waals surface area (Å²) in [5.41, 5.74) is 4.43. The van der Waals surface area contributed by atoms with Crippen molar-refractivity contribution < 1.29 is 4.79 Å². The second-order valence-corrected chi connectivity index (χ2v) is 4.63. The minimum absolute atomic E-state index is 0.269. The number of carbonyl (C=O) groups is 1. The van der Waals surface area contributed by atoms with Gasteiger partial charge in [-0.2, -0.15) is 5.10 Å². The van der Waals surface area contributed by atoms with Crippen LogP contribution in [0.15, 0.2) is 65.8 Å². The fourth-order valence-corrected chi connectivity index (χ4v) is 1.69. The number of carbonyl (C=O) groups excluding carboxylic acids is 1. The summed E-state index contributed by atoms with van der Waals surface area (Å²) in [4.78, 5) is 13.9.